The van der Waals surface area contributed by atoms with E-state index in [9.17, 15) is 0 Å². The number of aryl methyl sites for hydroxylation is 1. The third-order valence-corrected chi connectivity index (χ3v) is 3.98. The molecule has 0 aliphatic rings. The zero-order chi connectivity index (χ0) is 14.8. The Labute approximate surface area is 125 Å². The normalized spacial score (nSPS) is 10.3. The molecule has 3 rings (SSSR count). The molecule has 0 amide bonds. The maximum absolute atomic E-state index is 8.84. The minimum absolute atomic E-state index is 0.421. The highest BCUT2D eigenvalue weighted by Crippen LogP contribution is 2.29. The van der Waals surface area contributed by atoms with E-state index in [2.05, 4.69) is 16.2 Å². The lowest BCUT2D eigenvalue weighted by molar-refractivity contribution is 0.411. The molecule has 0 N–H and O–H groups in total. The maximum atomic E-state index is 8.84. The second-order valence-electron chi connectivity index (χ2n) is 4.38. The van der Waals surface area contributed by atoms with Gasteiger partial charge in [0, 0.05) is 5.56 Å². The highest BCUT2D eigenvalue weighted by Gasteiger charge is 2.13. The molecule has 0 saturated carbocycles. The van der Waals surface area contributed by atoms with Crippen molar-refractivity contribution in [2.24, 2.45) is 0 Å². The van der Waals surface area contributed by atoms with Gasteiger partial charge in [-0.15, -0.1) is 11.3 Å². The standard InChI is InChI=1S/C15H11N3O2S/c1-9-7-10(3-5-12(9)19-2)14-17-15(20-18-14)13-6-4-11(8-16)21-13/h3-7H,1-2H3. The van der Waals surface area contributed by atoms with E-state index in [4.69, 9.17) is 14.5 Å². The first-order chi connectivity index (χ1) is 10.2. The number of aromatic nitrogens is 2. The number of hydrogen-bond acceptors (Lipinski definition) is 6. The van der Waals surface area contributed by atoms with Crippen LogP contribution in [0.25, 0.3) is 22.2 Å². The second-order valence-corrected chi connectivity index (χ2v) is 5.47. The molecule has 0 radical (unpaired) electrons. The van der Waals surface area contributed by atoms with Crippen molar-refractivity contribution in [3.05, 3.63) is 40.8 Å². The molecular formula is C15H11N3O2S. The number of rotatable bonds is 3. The summed E-state index contributed by atoms with van der Waals surface area (Å²) in [5, 5.41) is 12.8. The SMILES string of the molecule is COc1ccc(-c2noc(-c3ccc(C#N)s3)n2)cc1C. The highest BCUT2D eigenvalue weighted by molar-refractivity contribution is 7.15. The fourth-order valence-corrected chi connectivity index (χ4v) is 2.70. The summed E-state index contributed by atoms with van der Waals surface area (Å²) in [7, 11) is 1.64. The van der Waals surface area contributed by atoms with E-state index in [1.54, 1.807) is 19.2 Å². The summed E-state index contributed by atoms with van der Waals surface area (Å²) in [5.74, 6) is 1.76. The van der Waals surface area contributed by atoms with Crippen LogP contribution in [-0.2, 0) is 0 Å². The molecule has 0 spiro atoms. The third kappa shape index (κ3) is 2.51. The molecular weight excluding hydrogens is 286 g/mol. The molecule has 21 heavy (non-hydrogen) atoms. The second kappa shape index (κ2) is 5.38. The summed E-state index contributed by atoms with van der Waals surface area (Å²) in [6.07, 6.45) is 0. The van der Waals surface area contributed by atoms with Crippen LogP contribution >= 0.6 is 11.3 Å². The maximum Gasteiger partial charge on any atom is 0.268 e. The van der Waals surface area contributed by atoms with Crippen LogP contribution in [0.1, 0.15) is 10.4 Å². The van der Waals surface area contributed by atoms with Crippen molar-refractivity contribution >= 4 is 11.3 Å². The van der Waals surface area contributed by atoms with Gasteiger partial charge in [0.2, 0.25) is 5.82 Å². The average Bonchev–Trinajstić information content (AvgIpc) is 3.15. The van der Waals surface area contributed by atoms with Gasteiger partial charge >= 0.3 is 0 Å². The number of ether oxygens (including phenoxy) is 1. The molecule has 2 aromatic heterocycles. The van der Waals surface area contributed by atoms with Gasteiger partial charge in [0.15, 0.2) is 0 Å². The van der Waals surface area contributed by atoms with Gasteiger partial charge in [-0.25, -0.2) is 0 Å². The molecule has 2 heterocycles. The Morgan fingerprint density at radius 1 is 1.29 bits per heavy atom. The predicted octanol–water partition coefficient (Wildman–Crippen LogP) is 3.65. The van der Waals surface area contributed by atoms with E-state index < -0.39 is 0 Å². The summed E-state index contributed by atoms with van der Waals surface area (Å²) in [4.78, 5) is 5.78. The number of benzene rings is 1. The molecule has 3 aromatic rings. The van der Waals surface area contributed by atoms with E-state index in [1.165, 1.54) is 11.3 Å². The quantitative estimate of drug-likeness (QED) is 0.737. The summed E-state index contributed by atoms with van der Waals surface area (Å²) in [5.41, 5.74) is 1.87. The summed E-state index contributed by atoms with van der Waals surface area (Å²) >= 11 is 1.33. The monoisotopic (exact) mass is 297 g/mol. The molecule has 0 unspecified atom stereocenters. The van der Waals surface area contributed by atoms with Gasteiger partial charge in [-0.3, -0.25) is 0 Å². The molecule has 5 nitrogen and oxygen atoms in total. The van der Waals surface area contributed by atoms with Gasteiger partial charge in [0.1, 0.15) is 16.7 Å². The minimum atomic E-state index is 0.421. The third-order valence-electron chi connectivity index (χ3n) is 3.01. The fourth-order valence-electron chi connectivity index (χ4n) is 1.97. The summed E-state index contributed by atoms with van der Waals surface area (Å²) in [6.45, 7) is 1.96. The zero-order valence-electron chi connectivity index (χ0n) is 11.5. The van der Waals surface area contributed by atoms with Crippen molar-refractivity contribution in [1.82, 2.24) is 10.1 Å². The average molecular weight is 297 g/mol. The number of hydrogen-bond donors (Lipinski definition) is 0. The Bertz CT molecular complexity index is 830. The van der Waals surface area contributed by atoms with Crippen molar-refractivity contribution in [3.8, 4) is 34.0 Å². The number of methoxy groups -OCH3 is 1. The summed E-state index contributed by atoms with van der Waals surface area (Å²) in [6, 6.07) is 11.3. The van der Waals surface area contributed by atoms with Crippen molar-refractivity contribution in [1.29, 1.82) is 5.26 Å². The van der Waals surface area contributed by atoms with Gasteiger partial charge in [-0.1, -0.05) is 5.16 Å². The van der Waals surface area contributed by atoms with E-state index in [0.29, 0.717) is 16.6 Å². The Balaban J connectivity index is 1.94. The van der Waals surface area contributed by atoms with E-state index in [0.717, 1.165) is 21.8 Å². The van der Waals surface area contributed by atoms with Crippen LogP contribution in [0.2, 0.25) is 0 Å². The van der Waals surface area contributed by atoms with Gasteiger partial charge in [0.05, 0.1) is 12.0 Å². The van der Waals surface area contributed by atoms with Gasteiger partial charge in [-0.2, -0.15) is 10.2 Å². The van der Waals surface area contributed by atoms with Crippen LogP contribution in [0.4, 0.5) is 0 Å². The van der Waals surface area contributed by atoms with Crippen molar-refractivity contribution in [3.63, 3.8) is 0 Å². The fraction of sp³-hybridized carbons (Fsp3) is 0.133. The van der Waals surface area contributed by atoms with E-state index in [-0.39, 0.29) is 0 Å². The van der Waals surface area contributed by atoms with E-state index >= 15 is 0 Å². The molecule has 6 heteroatoms. The van der Waals surface area contributed by atoms with Crippen LogP contribution in [-0.4, -0.2) is 17.3 Å². The first kappa shape index (κ1) is 13.3. The first-order valence-electron chi connectivity index (χ1n) is 6.20. The minimum Gasteiger partial charge on any atom is -0.496 e. The van der Waals surface area contributed by atoms with Crippen molar-refractivity contribution < 1.29 is 9.26 Å². The lowest BCUT2D eigenvalue weighted by Gasteiger charge is -2.04. The molecule has 0 saturated heterocycles. The smallest absolute Gasteiger partial charge is 0.268 e. The number of nitriles is 1. The topological polar surface area (TPSA) is 71.9 Å². The Hall–Kier alpha value is -2.65. The zero-order valence-corrected chi connectivity index (χ0v) is 12.3. The molecule has 0 bridgehead atoms. The van der Waals surface area contributed by atoms with E-state index in [1.807, 2.05) is 25.1 Å². The molecule has 0 aliphatic carbocycles. The Kier molecular flexibility index (Phi) is 3.42. The molecule has 0 fully saturated rings. The number of thiophene rings is 1. The number of nitrogens with zero attached hydrogens (tertiary/aromatic N) is 3. The van der Waals surface area contributed by atoms with Crippen LogP contribution in [0.5, 0.6) is 5.75 Å². The van der Waals surface area contributed by atoms with Crippen LogP contribution in [0, 0.1) is 18.3 Å². The van der Waals surface area contributed by atoms with Gasteiger partial charge in [0.25, 0.3) is 5.89 Å². The van der Waals surface area contributed by atoms with Crippen molar-refractivity contribution in [2.45, 2.75) is 6.92 Å². The van der Waals surface area contributed by atoms with Crippen LogP contribution in [0.15, 0.2) is 34.9 Å². The Morgan fingerprint density at radius 3 is 2.81 bits per heavy atom. The van der Waals surface area contributed by atoms with Gasteiger partial charge in [-0.05, 0) is 42.8 Å². The molecule has 0 atom stereocenters. The molecule has 1 aromatic carbocycles. The van der Waals surface area contributed by atoms with Crippen molar-refractivity contribution in [2.75, 3.05) is 7.11 Å². The van der Waals surface area contributed by atoms with Gasteiger partial charge < -0.3 is 9.26 Å². The van der Waals surface area contributed by atoms with Crippen LogP contribution < -0.4 is 4.74 Å². The molecule has 0 aliphatic heterocycles. The lowest BCUT2D eigenvalue weighted by Crippen LogP contribution is -1.88. The first-order valence-corrected chi connectivity index (χ1v) is 7.02. The van der Waals surface area contributed by atoms with Crippen LogP contribution in [0.3, 0.4) is 0 Å². The summed E-state index contributed by atoms with van der Waals surface area (Å²) < 4.78 is 10.5. The predicted molar refractivity (Wildman–Crippen MR) is 79.1 cm³/mol. The highest BCUT2D eigenvalue weighted by atomic mass is 32.1. The largest absolute Gasteiger partial charge is 0.496 e. The Morgan fingerprint density at radius 2 is 2.14 bits per heavy atom. The lowest BCUT2D eigenvalue weighted by atomic mass is 10.1. The molecule has 104 valence electrons.